The Morgan fingerprint density at radius 1 is 1.11 bits per heavy atom. The number of likely N-dealkylation sites (tertiary alicyclic amines) is 2. The lowest BCUT2D eigenvalue weighted by Crippen LogP contribution is -2.52. The van der Waals surface area contributed by atoms with Crippen LogP contribution >= 0.6 is 11.8 Å². The molecule has 3 aliphatic heterocycles. The standard InChI is InChI=1S/C28H39N3O4S/c1-17(2)14-22(28(34)31-15-24(36-3)26-25(31)23(32)16-35-26)29-27(33)20-6-4-18(5-7-20)19-10-12-30(13-11-19)21-8-9-21/h4-7,17,19,21-22,24-26H,8-16H2,1-3H3,(H,29,33)/t22-,24-,25+,26+/m0/s1. The number of nitrogens with one attached hydrogen (secondary N) is 1. The highest BCUT2D eigenvalue weighted by Gasteiger charge is 2.53. The molecule has 0 bridgehead atoms. The number of hydrogen-bond acceptors (Lipinski definition) is 6. The van der Waals surface area contributed by atoms with Crippen molar-refractivity contribution in [3.05, 3.63) is 35.4 Å². The zero-order valence-electron chi connectivity index (χ0n) is 21.7. The van der Waals surface area contributed by atoms with Crippen LogP contribution in [0.3, 0.4) is 0 Å². The van der Waals surface area contributed by atoms with Crippen LogP contribution in [-0.4, -0.2) is 89.4 Å². The maximum atomic E-state index is 13.6. The van der Waals surface area contributed by atoms with Gasteiger partial charge in [-0.05, 0) is 81.0 Å². The first-order valence-electron chi connectivity index (χ1n) is 13.5. The summed E-state index contributed by atoms with van der Waals surface area (Å²) < 4.78 is 5.71. The SMILES string of the molecule is CS[C@H]1CN(C(=O)[C@H](CC(C)C)NC(=O)c2ccc(C3CCN(C4CC4)CC3)cc2)[C@@H]2C(=O)CO[C@H]12. The molecule has 3 saturated heterocycles. The summed E-state index contributed by atoms with van der Waals surface area (Å²) in [6, 6.07) is 7.56. The number of ketones is 1. The predicted octanol–water partition coefficient (Wildman–Crippen LogP) is 3.08. The van der Waals surface area contributed by atoms with Gasteiger partial charge in [0.2, 0.25) is 5.91 Å². The monoisotopic (exact) mass is 513 g/mol. The largest absolute Gasteiger partial charge is 0.367 e. The highest BCUT2D eigenvalue weighted by atomic mass is 32.2. The fourth-order valence-electron chi connectivity index (χ4n) is 6.13. The molecular weight excluding hydrogens is 474 g/mol. The lowest BCUT2D eigenvalue weighted by molar-refractivity contribution is -0.138. The summed E-state index contributed by atoms with van der Waals surface area (Å²) >= 11 is 1.62. The van der Waals surface area contributed by atoms with E-state index in [1.54, 1.807) is 16.7 Å². The normalized spacial score (nSPS) is 27.9. The number of carbonyl (C=O) groups is 3. The summed E-state index contributed by atoms with van der Waals surface area (Å²) in [7, 11) is 0. The Kier molecular flexibility index (Phi) is 7.75. The average molecular weight is 514 g/mol. The van der Waals surface area contributed by atoms with Gasteiger partial charge in [-0.25, -0.2) is 0 Å². The summed E-state index contributed by atoms with van der Waals surface area (Å²) in [5, 5.41) is 3.07. The van der Waals surface area contributed by atoms with E-state index < -0.39 is 12.1 Å². The van der Waals surface area contributed by atoms with Gasteiger partial charge in [0.1, 0.15) is 18.7 Å². The van der Waals surface area contributed by atoms with Gasteiger partial charge in [-0.3, -0.25) is 14.4 Å². The maximum absolute atomic E-state index is 13.6. The minimum Gasteiger partial charge on any atom is -0.367 e. The molecule has 7 nitrogen and oxygen atoms in total. The second-order valence-electron chi connectivity index (χ2n) is 11.3. The molecule has 1 aliphatic carbocycles. The van der Waals surface area contributed by atoms with Crippen molar-refractivity contribution in [3.63, 3.8) is 0 Å². The van der Waals surface area contributed by atoms with Crippen LogP contribution in [0.15, 0.2) is 24.3 Å². The number of rotatable bonds is 8. The smallest absolute Gasteiger partial charge is 0.251 e. The van der Waals surface area contributed by atoms with Gasteiger partial charge >= 0.3 is 0 Å². The molecular formula is C28H39N3O4S. The van der Waals surface area contributed by atoms with E-state index in [1.807, 2.05) is 32.2 Å². The number of nitrogens with zero attached hydrogens (tertiary/aromatic N) is 2. The topological polar surface area (TPSA) is 79.0 Å². The molecule has 0 aromatic heterocycles. The number of hydrogen-bond donors (Lipinski definition) is 1. The predicted molar refractivity (Wildman–Crippen MR) is 141 cm³/mol. The van der Waals surface area contributed by atoms with E-state index in [0.29, 0.717) is 24.4 Å². The minimum absolute atomic E-state index is 0.0434. The van der Waals surface area contributed by atoms with Crippen LogP contribution < -0.4 is 5.32 Å². The number of amides is 2. The van der Waals surface area contributed by atoms with Gasteiger partial charge < -0.3 is 19.9 Å². The van der Waals surface area contributed by atoms with Crippen molar-refractivity contribution in [2.24, 2.45) is 5.92 Å². The summed E-state index contributed by atoms with van der Waals surface area (Å²) in [4.78, 5) is 43.6. The zero-order chi connectivity index (χ0) is 25.4. The third kappa shape index (κ3) is 5.36. The molecule has 3 heterocycles. The van der Waals surface area contributed by atoms with Gasteiger partial charge in [-0.2, -0.15) is 11.8 Å². The second-order valence-corrected chi connectivity index (χ2v) is 12.3. The lowest BCUT2D eigenvalue weighted by atomic mass is 9.89. The van der Waals surface area contributed by atoms with Crippen molar-refractivity contribution < 1.29 is 19.1 Å². The first-order valence-corrected chi connectivity index (χ1v) is 14.8. The zero-order valence-corrected chi connectivity index (χ0v) is 22.5. The van der Waals surface area contributed by atoms with Crippen molar-refractivity contribution in [2.45, 2.75) is 81.3 Å². The lowest BCUT2D eigenvalue weighted by Gasteiger charge is -2.32. The van der Waals surface area contributed by atoms with Crippen LogP contribution in [0.5, 0.6) is 0 Å². The maximum Gasteiger partial charge on any atom is 0.251 e. The summed E-state index contributed by atoms with van der Waals surface area (Å²) in [6.45, 7) is 6.94. The number of carbonyl (C=O) groups excluding carboxylic acids is 3. The highest BCUT2D eigenvalue weighted by molar-refractivity contribution is 7.99. The quantitative estimate of drug-likeness (QED) is 0.576. The minimum atomic E-state index is -0.668. The number of fused-ring (bicyclic) bond motifs is 1. The second kappa shape index (κ2) is 10.8. The Bertz CT molecular complexity index is 972. The number of piperidine rings is 1. The van der Waals surface area contributed by atoms with Gasteiger partial charge in [0.15, 0.2) is 5.78 Å². The molecule has 0 radical (unpaired) electrons. The molecule has 1 N–H and O–H groups in total. The van der Waals surface area contributed by atoms with Crippen LogP contribution in [0.2, 0.25) is 0 Å². The van der Waals surface area contributed by atoms with E-state index in [9.17, 15) is 14.4 Å². The van der Waals surface area contributed by atoms with E-state index >= 15 is 0 Å². The Morgan fingerprint density at radius 3 is 2.42 bits per heavy atom. The molecule has 1 aromatic rings. The first-order chi connectivity index (χ1) is 17.4. The molecule has 0 spiro atoms. The molecule has 8 heteroatoms. The average Bonchev–Trinajstić information content (AvgIpc) is 3.57. The van der Waals surface area contributed by atoms with Gasteiger partial charge in [0, 0.05) is 18.2 Å². The van der Waals surface area contributed by atoms with Crippen molar-refractivity contribution >= 4 is 29.4 Å². The number of ether oxygens (including phenoxy) is 1. The van der Waals surface area contributed by atoms with Gasteiger partial charge in [-0.15, -0.1) is 0 Å². The van der Waals surface area contributed by atoms with E-state index in [4.69, 9.17) is 4.74 Å². The Hall–Kier alpha value is -1.90. The highest BCUT2D eigenvalue weighted by Crippen LogP contribution is 2.35. The molecule has 4 atom stereocenters. The molecule has 5 rings (SSSR count). The molecule has 196 valence electrons. The number of thioether (sulfide) groups is 1. The van der Waals surface area contributed by atoms with Gasteiger partial charge in [0.25, 0.3) is 5.91 Å². The summed E-state index contributed by atoms with van der Waals surface area (Å²) in [6.07, 6.45) is 7.31. The fraction of sp³-hybridized carbons (Fsp3) is 0.679. The molecule has 1 saturated carbocycles. The van der Waals surface area contributed by atoms with Crippen LogP contribution in [0.25, 0.3) is 0 Å². The van der Waals surface area contributed by atoms with E-state index in [-0.39, 0.29) is 41.5 Å². The van der Waals surface area contributed by atoms with Crippen LogP contribution in [0, 0.1) is 5.92 Å². The van der Waals surface area contributed by atoms with Crippen molar-refractivity contribution in [2.75, 3.05) is 32.5 Å². The molecule has 4 aliphatic rings. The van der Waals surface area contributed by atoms with Crippen molar-refractivity contribution in [1.82, 2.24) is 15.1 Å². The summed E-state index contributed by atoms with van der Waals surface area (Å²) in [5.41, 5.74) is 1.86. The first kappa shape index (κ1) is 25.7. The van der Waals surface area contributed by atoms with E-state index in [2.05, 4.69) is 22.3 Å². The molecule has 0 unspecified atom stereocenters. The fourth-order valence-corrected chi connectivity index (χ4v) is 6.93. The van der Waals surface area contributed by atoms with E-state index in [1.165, 1.54) is 44.3 Å². The van der Waals surface area contributed by atoms with Gasteiger partial charge in [0.05, 0.1) is 11.4 Å². The van der Waals surface area contributed by atoms with Crippen molar-refractivity contribution in [1.29, 1.82) is 0 Å². The third-order valence-corrected chi connectivity index (χ3v) is 9.29. The van der Waals surface area contributed by atoms with Gasteiger partial charge in [-0.1, -0.05) is 26.0 Å². The molecule has 4 fully saturated rings. The Morgan fingerprint density at radius 2 is 1.81 bits per heavy atom. The van der Waals surface area contributed by atoms with E-state index in [0.717, 1.165) is 6.04 Å². The van der Waals surface area contributed by atoms with Crippen LogP contribution in [-0.2, 0) is 14.3 Å². The Labute approximate surface area is 218 Å². The number of benzene rings is 1. The molecule has 36 heavy (non-hydrogen) atoms. The third-order valence-electron chi connectivity index (χ3n) is 8.27. The van der Waals surface area contributed by atoms with Crippen LogP contribution in [0.4, 0.5) is 0 Å². The number of Topliss-reactive ketones (excluding diaryl/α,β-unsaturated/α-hetero) is 1. The molecule has 1 aromatic carbocycles. The molecule has 2 amide bonds. The van der Waals surface area contributed by atoms with Crippen LogP contribution in [0.1, 0.15) is 67.8 Å². The van der Waals surface area contributed by atoms with Crippen molar-refractivity contribution in [3.8, 4) is 0 Å². The summed E-state index contributed by atoms with van der Waals surface area (Å²) in [5.74, 6) is 0.300. The Balaban J connectivity index is 1.23.